The fourth-order valence-electron chi connectivity index (χ4n) is 3.30. The van der Waals surface area contributed by atoms with E-state index in [1.54, 1.807) is 36.4 Å². The Labute approximate surface area is 184 Å². The van der Waals surface area contributed by atoms with Crippen molar-refractivity contribution < 1.29 is 23.1 Å². The molecule has 1 unspecified atom stereocenters. The summed E-state index contributed by atoms with van der Waals surface area (Å²) in [5.41, 5.74) is 11.8. The number of carbonyl (C=O) groups is 2. The molecule has 2 atom stereocenters. The van der Waals surface area contributed by atoms with E-state index in [2.05, 4.69) is 0 Å². The number of rotatable bonds is 7. The molecule has 0 aliphatic carbocycles. The number of hydrogen-bond donors (Lipinski definition) is 4. The Bertz CT molecular complexity index is 1300. The fraction of sp³-hybridized carbons (Fsp3) is 0.136. The van der Waals surface area contributed by atoms with Gasteiger partial charge in [0.05, 0.1) is 4.90 Å². The molecule has 3 rings (SSSR count). The first kappa shape index (κ1) is 22.9. The first-order chi connectivity index (χ1) is 15.1. The van der Waals surface area contributed by atoms with Crippen LogP contribution in [-0.4, -0.2) is 42.7 Å². The molecule has 0 heterocycles. The van der Waals surface area contributed by atoms with Gasteiger partial charge in [-0.15, -0.1) is 0 Å². The molecule has 0 spiro atoms. The minimum atomic E-state index is -4.36. The summed E-state index contributed by atoms with van der Waals surface area (Å²) in [5, 5.41) is 16.0. The van der Waals surface area contributed by atoms with E-state index in [0.717, 1.165) is 4.90 Å². The molecule has 32 heavy (non-hydrogen) atoms. The third-order valence-electron chi connectivity index (χ3n) is 5.07. The molecule has 0 aliphatic rings. The lowest BCUT2D eigenvalue weighted by atomic mass is 10.1. The molecule has 3 aromatic rings. The number of aliphatic carboxylic acids is 1. The van der Waals surface area contributed by atoms with Gasteiger partial charge in [-0.05, 0) is 42.6 Å². The molecule has 0 bridgehead atoms. The minimum absolute atomic E-state index is 0.110. The van der Waals surface area contributed by atoms with Gasteiger partial charge in [-0.3, -0.25) is 15.1 Å². The quantitative estimate of drug-likeness (QED) is 0.311. The van der Waals surface area contributed by atoms with E-state index in [1.165, 1.54) is 37.3 Å². The number of amides is 1. The van der Waals surface area contributed by atoms with E-state index in [0.29, 0.717) is 16.3 Å². The van der Waals surface area contributed by atoms with Crippen LogP contribution in [0.4, 0.5) is 5.69 Å². The zero-order chi connectivity index (χ0) is 23.6. The van der Waals surface area contributed by atoms with Crippen molar-refractivity contribution in [1.29, 1.82) is 5.41 Å². The zero-order valence-corrected chi connectivity index (χ0v) is 17.9. The Kier molecular flexibility index (Phi) is 6.28. The fourth-order valence-corrected chi connectivity index (χ4v) is 4.72. The summed E-state index contributed by atoms with van der Waals surface area (Å²) in [7, 11) is -4.36. The van der Waals surface area contributed by atoms with Gasteiger partial charge in [0.1, 0.15) is 11.9 Å². The summed E-state index contributed by atoms with van der Waals surface area (Å²) in [6, 6.07) is 15.6. The van der Waals surface area contributed by atoms with Crippen molar-refractivity contribution >= 4 is 44.0 Å². The highest BCUT2D eigenvalue weighted by molar-refractivity contribution is 7.93. The summed E-state index contributed by atoms with van der Waals surface area (Å²) < 4.78 is 26.6. The SMILES string of the molecule is C[C@@H](C(=O)O)N(C(=O)C(N)S(=O)(=O)c1cccc2ccccc12)c1ccc(C(=N)N)cc1. The van der Waals surface area contributed by atoms with Crippen LogP contribution in [0.25, 0.3) is 10.8 Å². The van der Waals surface area contributed by atoms with Crippen LogP contribution in [0, 0.1) is 5.41 Å². The summed E-state index contributed by atoms with van der Waals surface area (Å²) in [6.07, 6.45) is 0. The first-order valence-electron chi connectivity index (χ1n) is 9.53. The first-order valence-corrected chi connectivity index (χ1v) is 11.1. The second kappa shape index (κ2) is 8.77. The Morgan fingerprint density at radius 1 is 1.00 bits per heavy atom. The number of nitrogens with zero attached hydrogens (tertiary/aromatic N) is 1. The highest BCUT2D eigenvalue weighted by atomic mass is 32.2. The van der Waals surface area contributed by atoms with Crippen molar-refractivity contribution in [1.82, 2.24) is 0 Å². The number of benzene rings is 3. The molecule has 0 aliphatic heterocycles. The summed E-state index contributed by atoms with van der Waals surface area (Å²) in [5.74, 6) is -2.65. The normalized spacial score (nSPS) is 13.3. The van der Waals surface area contributed by atoms with Gasteiger partial charge in [0.25, 0.3) is 5.91 Å². The Balaban J connectivity index is 2.07. The topological polar surface area (TPSA) is 168 Å². The van der Waals surface area contributed by atoms with Gasteiger partial charge in [0.15, 0.2) is 5.37 Å². The molecule has 10 heteroatoms. The molecule has 0 saturated heterocycles. The maximum atomic E-state index is 13.3. The smallest absolute Gasteiger partial charge is 0.326 e. The lowest BCUT2D eigenvalue weighted by Crippen LogP contribution is -2.53. The third-order valence-corrected chi connectivity index (χ3v) is 6.91. The van der Waals surface area contributed by atoms with Gasteiger partial charge in [-0.25, -0.2) is 13.2 Å². The summed E-state index contributed by atoms with van der Waals surface area (Å²) in [4.78, 5) is 25.6. The van der Waals surface area contributed by atoms with Crippen LogP contribution in [0.5, 0.6) is 0 Å². The van der Waals surface area contributed by atoms with Crippen LogP contribution in [0.1, 0.15) is 12.5 Å². The average Bonchev–Trinajstić information content (AvgIpc) is 2.78. The number of nitrogens with two attached hydrogens (primary N) is 2. The van der Waals surface area contributed by atoms with Crippen molar-refractivity contribution in [3.8, 4) is 0 Å². The van der Waals surface area contributed by atoms with Crippen molar-refractivity contribution in [3.05, 3.63) is 72.3 Å². The van der Waals surface area contributed by atoms with Gasteiger partial charge in [0.2, 0.25) is 9.84 Å². The molecule has 0 fully saturated rings. The Morgan fingerprint density at radius 3 is 2.19 bits per heavy atom. The molecule has 0 saturated carbocycles. The van der Waals surface area contributed by atoms with E-state index in [9.17, 15) is 23.1 Å². The lowest BCUT2D eigenvalue weighted by Gasteiger charge is -2.29. The molecule has 0 radical (unpaired) electrons. The van der Waals surface area contributed by atoms with Crippen molar-refractivity contribution in [3.63, 3.8) is 0 Å². The van der Waals surface area contributed by atoms with E-state index in [4.69, 9.17) is 16.9 Å². The van der Waals surface area contributed by atoms with Gasteiger partial charge in [-0.1, -0.05) is 36.4 Å². The molecule has 0 aromatic heterocycles. The largest absolute Gasteiger partial charge is 0.480 e. The van der Waals surface area contributed by atoms with Gasteiger partial charge >= 0.3 is 5.97 Å². The average molecular weight is 455 g/mol. The number of sulfone groups is 1. The predicted molar refractivity (Wildman–Crippen MR) is 121 cm³/mol. The number of amidine groups is 1. The van der Waals surface area contributed by atoms with Crippen LogP contribution >= 0.6 is 0 Å². The molecule has 9 nitrogen and oxygen atoms in total. The van der Waals surface area contributed by atoms with E-state index in [1.807, 2.05) is 0 Å². The van der Waals surface area contributed by atoms with Gasteiger partial charge in [-0.2, -0.15) is 0 Å². The molecular weight excluding hydrogens is 432 g/mol. The monoisotopic (exact) mass is 454 g/mol. The molecule has 166 valence electrons. The summed E-state index contributed by atoms with van der Waals surface area (Å²) >= 11 is 0. The minimum Gasteiger partial charge on any atom is -0.480 e. The number of fused-ring (bicyclic) bond motifs is 1. The van der Waals surface area contributed by atoms with Crippen molar-refractivity contribution in [2.45, 2.75) is 23.2 Å². The van der Waals surface area contributed by atoms with Crippen molar-refractivity contribution in [2.24, 2.45) is 11.5 Å². The maximum absolute atomic E-state index is 13.3. The second-order valence-corrected chi connectivity index (χ2v) is 9.16. The van der Waals surface area contributed by atoms with Gasteiger partial charge in [0, 0.05) is 16.6 Å². The van der Waals surface area contributed by atoms with Crippen molar-refractivity contribution in [2.75, 3.05) is 4.90 Å². The number of hydrogen-bond acceptors (Lipinski definition) is 6. The Hall–Kier alpha value is -3.76. The van der Waals surface area contributed by atoms with E-state index < -0.39 is 33.1 Å². The maximum Gasteiger partial charge on any atom is 0.326 e. The molecular formula is C22H22N4O5S. The van der Waals surface area contributed by atoms with Crippen LogP contribution < -0.4 is 16.4 Å². The molecule has 3 aromatic carbocycles. The zero-order valence-electron chi connectivity index (χ0n) is 17.1. The molecule has 6 N–H and O–H groups in total. The van der Waals surface area contributed by atoms with Crippen LogP contribution in [0.2, 0.25) is 0 Å². The highest BCUT2D eigenvalue weighted by Crippen LogP contribution is 2.27. The second-order valence-electron chi connectivity index (χ2n) is 7.13. The third kappa shape index (κ3) is 4.18. The van der Waals surface area contributed by atoms with Crippen LogP contribution in [0.15, 0.2) is 71.6 Å². The predicted octanol–water partition coefficient (Wildman–Crippen LogP) is 1.69. The van der Waals surface area contributed by atoms with Gasteiger partial charge < -0.3 is 16.6 Å². The lowest BCUT2D eigenvalue weighted by molar-refractivity contribution is -0.139. The highest BCUT2D eigenvalue weighted by Gasteiger charge is 2.38. The number of nitrogen functional groups attached to an aromatic ring is 1. The number of carboxylic acid groups (broad SMARTS) is 1. The van der Waals surface area contributed by atoms with Crippen LogP contribution in [0.3, 0.4) is 0 Å². The van der Waals surface area contributed by atoms with Crippen LogP contribution in [-0.2, 0) is 19.4 Å². The number of carbonyl (C=O) groups excluding carboxylic acids is 1. The number of carboxylic acids is 1. The number of anilines is 1. The Morgan fingerprint density at radius 2 is 1.59 bits per heavy atom. The number of nitrogens with one attached hydrogen (secondary N) is 1. The molecule has 1 amide bonds. The van der Waals surface area contributed by atoms with E-state index >= 15 is 0 Å². The standard InChI is InChI=1S/C22H22N4O5S/c1-13(22(28)29)26(16-11-9-15(10-12-16)19(23)24)21(27)20(25)32(30,31)18-8-4-6-14-5-2-3-7-17(14)18/h2-13,20H,25H2,1H3,(H3,23,24)(H,28,29)/t13-,20?/m0/s1. The van der Waals surface area contributed by atoms with E-state index in [-0.39, 0.29) is 16.4 Å². The summed E-state index contributed by atoms with van der Waals surface area (Å²) in [6.45, 7) is 1.25.